The van der Waals surface area contributed by atoms with E-state index in [1.54, 1.807) is 19.2 Å². The van der Waals surface area contributed by atoms with Gasteiger partial charge in [0.25, 0.3) is 11.8 Å². The van der Waals surface area contributed by atoms with Crippen LogP contribution in [0.4, 0.5) is 4.79 Å². The molecule has 212 valence electrons. The molecule has 0 saturated heterocycles. The summed E-state index contributed by atoms with van der Waals surface area (Å²) in [5, 5.41) is 8.93. The summed E-state index contributed by atoms with van der Waals surface area (Å²) in [4.78, 5) is 54.9. The zero-order valence-corrected chi connectivity index (χ0v) is 23.0. The van der Waals surface area contributed by atoms with Crippen LogP contribution in [0.25, 0.3) is 11.0 Å². The van der Waals surface area contributed by atoms with E-state index >= 15 is 0 Å². The summed E-state index contributed by atoms with van der Waals surface area (Å²) >= 11 is 0. The molecular formula is C30H36N4O6. The molecule has 10 nitrogen and oxygen atoms in total. The Balaban J connectivity index is 1.60. The fourth-order valence-electron chi connectivity index (χ4n) is 3.95. The van der Waals surface area contributed by atoms with Crippen LogP contribution in [0.1, 0.15) is 42.8 Å². The monoisotopic (exact) mass is 548 g/mol. The minimum absolute atomic E-state index is 0.0804. The Hall–Kier alpha value is -4.31. The summed E-state index contributed by atoms with van der Waals surface area (Å²) in [7, 11) is 1.75. The Labute approximate surface area is 233 Å². The number of furan rings is 1. The smallest absolute Gasteiger partial charge is 0.407 e. The molecule has 1 unspecified atom stereocenters. The van der Waals surface area contributed by atoms with Crippen molar-refractivity contribution in [1.29, 1.82) is 0 Å². The number of amides is 3. The van der Waals surface area contributed by atoms with Crippen molar-refractivity contribution in [2.24, 2.45) is 16.8 Å². The highest BCUT2D eigenvalue weighted by Crippen LogP contribution is 2.19. The molecule has 3 amide bonds. The van der Waals surface area contributed by atoms with E-state index in [1.165, 1.54) is 6.21 Å². The number of hydrogen-bond acceptors (Lipinski definition) is 7. The van der Waals surface area contributed by atoms with Crippen LogP contribution in [-0.2, 0) is 20.9 Å². The molecule has 1 heterocycles. The molecule has 10 heteroatoms. The highest BCUT2D eigenvalue weighted by Gasteiger charge is 2.25. The van der Waals surface area contributed by atoms with Gasteiger partial charge in [-0.3, -0.25) is 14.4 Å². The molecule has 0 aliphatic heterocycles. The molecule has 2 aromatic carbocycles. The SMILES string of the molecule is CNCCC(C=NC(=O)[C@H](CC(C)C)NC(=O)c1cc2ccccc2o1)C(=O)CNC(=O)OCc1ccccc1. The van der Waals surface area contributed by atoms with E-state index in [4.69, 9.17) is 9.15 Å². The van der Waals surface area contributed by atoms with Gasteiger partial charge in [0.1, 0.15) is 18.2 Å². The fraction of sp³-hybridized carbons (Fsp3) is 0.367. The lowest BCUT2D eigenvalue weighted by Crippen LogP contribution is -2.41. The third-order valence-corrected chi connectivity index (χ3v) is 6.08. The number of ketones is 1. The number of ether oxygens (including phenoxy) is 1. The number of aliphatic imine (C=N–C) groups is 1. The van der Waals surface area contributed by atoms with Crippen molar-refractivity contribution in [2.75, 3.05) is 20.1 Å². The van der Waals surface area contributed by atoms with Gasteiger partial charge in [-0.25, -0.2) is 9.79 Å². The zero-order chi connectivity index (χ0) is 28.9. The van der Waals surface area contributed by atoms with Gasteiger partial charge >= 0.3 is 6.09 Å². The lowest BCUT2D eigenvalue weighted by atomic mass is 10.0. The lowest BCUT2D eigenvalue weighted by Gasteiger charge is -2.17. The quantitative estimate of drug-likeness (QED) is 0.260. The summed E-state index contributed by atoms with van der Waals surface area (Å²) < 4.78 is 10.8. The molecule has 3 rings (SSSR count). The Bertz CT molecular complexity index is 1280. The highest BCUT2D eigenvalue weighted by atomic mass is 16.5. The number of nitrogens with one attached hydrogen (secondary N) is 3. The van der Waals surface area contributed by atoms with Crippen LogP contribution in [0.5, 0.6) is 0 Å². The molecule has 0 bridgehead atoms. The van der Waals surface area contributed by atoms with Crippen molar-refractivity contribution < 1.29 is 28.3 Å². The molecule has 0 spiro atoms. The number of rotatable bonds is 14. The van der Waals surface area contributed by atoms with Crippen LogP contribution >= 0.6 is 0 Å². The first-order valence-corrected chi connectivity index (χ1v) is 13.3. The first-order chi connectivity index (χ1) is 19.3. The normalized spacial score (nSPS) is 12.8. The largest absolute Gasteiger partial charge is 0.451 e. The number of Topliss-reactive ketones (excluding diaryl/α,β-unsaturated/α-hetero) is 1. The van der Waals surface area contributed by atoms with E-state index in [1.807, 2.05) is 62.4 Å². The van der Waals surface area contributed by atoms with Crippen molar-refractivity contribution in [2.45, 2.75) is 39.3 Å². The molecule has 0 radical (unpaired) electrons. The number of carbonyl (C=O) groups is 4. The number of benzene rings is 2. The molecule has 2 atom stereocenters. The molecule has 3 aromatic rings. The fourth-order valence-corrected chi connectivity index (χ4v) is 3.95. The highest BCUT2D eigenvalue weighted by molar-refractivity contribution is 6.03. The summed E-state index contributed by atoms with van der Waals surface area (Å²) in [6.45, 7) is 4.16. The van der Waals surface area contributed by atoms with Gasteiger partial charge in [0.15, 0.2) is 11.5 Å². The molecule has 40 heavy (non-hydrogen) atoms. The van der Waals surface area contributed by atoms with E-state index in [0.29, 0.717) is 25.0 Å². The Morgan fingerprint density at radius 3 is 2.45 bits per heavy atom. The third kappa shape index (κ3) is 9.46. The number of alkyl carbamates (subject to hydrolysis) is 1. The topological polar surface area (TPSA) is 139 Å². The van der Waals surface area contributed by atoms with Gasteiger partial charge in [-0.2, -0.15) is 0 Å². The summed E-state index contributed by atoms with van der Waals surface area (Å²) in [6, 6.07) is 17.1. The average molecular weight is 549 g/mol. The van der Waals surface area contributed by atoms with E-state index in [-0.39, 0.29) is 30.6 Å². The molecule has 1 aromatic heterocycles. The molecular weight excluding hydrogens is 512 g/mol. The maximum atomic E-state index is 13.0. The first kappa shape index (κ1) is 30.2. The van der Waals surface area contributed by atoms with Crippen LogP contribution < -0.4 is 16.0 Å². The number of carbonyl (C=O) groups excluding carboxylic acids is 4. The predicted molar refractivity (Wildman–Crippen MR) is 152 cm³/mol. The van der Waals surface area contributed by atoms with Crippen molar-refractivity contribution in [1.82, 2.24) is 16.0 Å². The predicted octanol–water partition coefficient (Wildman–Crippen LogP) is 3.90. The van der Waals surface area contributed by atoms with E-state index in [0.717, 1.165) is 10.9 Å². The number of hydrogen-bond donors (Lipinski definition) is 3. The minimum atomic E-state index is -0.900. The third-order valence-electron chi connectivity index (χ3n) is 6.08. The maximum Gasteiger partial charge on any atom is 0.407 e. The van der Waals surface area contributed by atoms with Crippen molar-refractivity contribution >= 4 is 40.9 Å². The van der Waals surface area contributed by atoms with Crippen LogP contribution in [-0.4, -0.2) is 56.1 Å². The molecule has 3 N–H and O–H groups in total. The molecule has 0 aliphatic carbocycles. The van der Waals surface area contributed by atoms with Gasteiger partial charge in [-0.05, 0) is 50.0 Å². The Morgan fingerprint density at radius 1 is 1.02 bits per heavy atom. The summed E-state index contributed by atoms with van der Waals surface area (Å²) in [5.41, 5.74) is 1.39. The van der Waals surface area contributed by atoms with Gasteiger partial charge in [0.2, 0.25) is 0 Å². The molecule has 0 aliphatic rings. The molecule has 0 fully saturated rings. The molecule has 0 saturated carbocycles. The second kappa shape index (κ2) is 15.3. The van der Waals surface area contributed by atoms with Crippen LogP contribution in [0.3, 0.4) is 0 Å². The standard InChI is InChI=1S/C30H36N4O6/c1-20(2)15-24(34-29(37)27-16-22-11-7-8-12-26(22)40-27)28(36)32-17-23(13-14-31-3)25(35)18-33-30(38)39-19-21-9-5-4-6-10-21/h4-12,16-17,20,23-24,31H,13-15,18-19H2,1-3H3,(H,33,38)(H,34,37)/t23?,24-/m0/s1. The van der Waals surface area contributed by atoms with Crippen molar-refractivity contribution in [3.63, 3.8) is 0 Å². The van der Waals surface area contributed by atoms with Gasteiger partial charge in [-0.15, -0.1) is 0 Å². The van der Waals surface area contributed by atoms with Gasteiger partial charge in [-0.1, -0.05) is 62.4 Å². The summed E-state index contributed by atoms with van der Waals surface area (Å²) in [6.07, 6.45) is 1.29. The maximum absolute atomic E-state index is 13.0. The van der Waals surface area contributed by atoms with Gasteiger partial charge in [0, 0.05) is 11.6 Å². The lowest BCUT2D eigenvalue weighted by molar-refractivity contribution is -0.120. The summed E-state index contributed by atoms with van der Waals surface area (Å²) in [5.74, 6) is -1.96. The van der Waals surface area contributed by atoms with E-state index in [2.05, 4.69) is 20.9 Å². The van der Waals surface area contributed by atoms with Crippen LogP contribution in [0.2, 0.25) is 0 Å². The first-order valence-electron chi connectivity index (χ1n) is 13.3. The Morgan fingerprint density at radius 2 is 1.75 bits per heavy atom. The van der Waals surface area contributed by atoms with E-state index in [9.17, 15) is 19.2 Å². The zero-order valence-electron chi connectivity index (χ0n) is 23.0. The van der Waals surface area contributed by atoms with Crippen LogP contribution in [0, 0.1) is 11.8 Å². The number of nitrogens with zero attached hydrogens (tertiary/aromatic N) is 1. The van der Waals surface area contributed by atoms with Gasteiger partial charge < -0.3 is 25.1 Å². The number of para-hydroxylation sites is 1. The van der Waals surface area contributed by atoms with Crippen molar-refractivity contribution in [3.05, 3.63) is 72.0 Å². The second-order valence-electron chi connectivity index (χ2n) is 9.80. The second-order valence-corrected chi connectivity index (χ2v) is 9.80. The van der Waals surface area contributed by atoms with Crippen LogP contribution in [0.15, 0.2) is 70.1 Å². The average Bonchev–Trinajstić information content (AvgIpc) is 3.39. The number of fused-ring (bicyclic) bond motifs is 1. The Kier molecular flexibility index (Phi) is 11.6. The minimum Gasteiger partial charge on any atom is -0.451 e. The van der Waals surface area contributed by atoms with E-state index < -0.39 is 29.9 Å². The van der Waals surface area contributed by atoms with Crippen molar-refractivity contribution in [3.8, 4) is 0 Å². The van der Waals surface area contributed by atoms with Gasteiger partial charge in [0.05, 0.1) is 12.5 Å².